The molecule has 2 bridgehead atoms. The predicted molar refractivity (Wildman–Crippen MR) is 126 cm³/mol. The summed E-state index contributed by atoms with van der Waals surface area (Å²) in [6, 6.07) is 4.51. The normalized spacial score (nSPS) is 22.0. The van der Waals surface area contributed by atoms with Crippen molar-refractivity contribution in [2.24, 2.45) is 5.41 Å². The van der Waals surface area contributed by atoms with E-state index in [9.17, 15) is 19.1 Å². The summed E-state index contributed by atoms with van der Waals surface area (Å²) in [6.07, 6.45) is 6.05. The van der Waals surface area contributed by atoms with Crippen LogP contribution in [0.5, 0.6) is 0 Å². The highest BCUT2D eigenvalue weighted by molar-refractivity contribution is 5.94. The third kappa shape index (κ3) is 4.16. The van der Waals surface area contributed by atoms with Crippen molar-refractivity contribution in [2.45, 2.75) is 64.6 Å². The summed E-state index contributed by atoms with van der Waals surface area (Å²) in [5.74, 6) is -0.426. The molecule has 0 radical (unpaired) electrons. The van der Waals surface area contributed by atoms with E-state index in [-0.39, 0.29) is 48.3 Å². The molecule has 3 aromatic rings. The number of carbonyl (C=O) groups is 2. The molecule has 2 N–H and O–H groups in total. The number of aliphatic hydroxyl groups is 1. The van der Waals surface area contributed by atoms with Crippen LogP contribution in [0.1, 0.15) is 55.6 Å². The van der Waals surface area contributed by atoms with Crippen LogP contribution in [0.4, 0.5) is 4.39 Å². The zero-order valence-corrected chi connectivity index (χ0v) is 20.0. The largest absolute Gasteiger partial charge is 0.395 e. The molecule has 0 saturated carbocycles. The average Bonchev–Trinajstić information content (AvgIpc) is 3.31. The number of aromatic nitrogens is 4. The van der Waals surface area contributed by atoms with E-state index in [0.29, 0.717) is 23.9 Å². The van der Waals surface area contributed by atoms with Crippen molar-refractivity contribution < 1.29 is 19.1 Å². The molecule has 1 aromatic carbocycles. The molecule has 2 aliphatic heterocycles. The second-order valence-corrected chi connectivity index (χ2v) is 10.2. The molecule has 0 spiro atoms. The van der Waals surface area contributed by atoms with Crippen molar-refractivity contribution in [1.29, 1.82) is 0 Å². The summed E-state index contributed by atoms with van der Waals surface area (Å²) in [4.78, 5) is 36.4. The SMILES string of the molecule is Cc1nn(-c2ncc(C(=O)NC3C[C@@H]4CC[C@@H](C3)N4C(=O)C(C)(C)CO)cn2)c2cc(F)ccc12. The minimum atomic E-state index is -0.805. The van der Waals surface area contributed by atoms with Crippen molar-refractivity contribution in [3.05, 3.63) is 47.7 Å². The number of aryl methyl sites for hydroxylation is 1. The van der Waals surface area contributed by atoms with Gasteiger partial charge in [0, 0.05) is 42.0 Å². The molecule has 184 valence electrons. The number of benzene rings is 1. The molecule has 0 unspecified atom stereocenters. The Morgan fingerprint density at radius 3 is 2.46 bits per heavy atom. The van der Waals surface area contributed by atoms with Gasteiger partial charge in [-0.05, 0) is 58.6 Å². The van der Waals surface area contributed by atoms with Crippen molar-refractivity contribution in [3.63, 3.8) is 0 Å². The maximum absolute atomic E-state index is 13.8. The Balaban J connectivity index is 1.27. The number of rotatable bonds is 5. The Morgan fingerprint density at radius 1 is 1.17 bits per heavy atom. The monoisotopic (exact) mass is 480 g/mol. The number of piperidine rings is 1. The summed E-state index contributed by atoms with van der Waals surface area (Å²) in [5.41, 5.74) is 0.800. The molecule has 9 nitrogen and oxygen atoms in total. The van der Waals surface area contributed by atoms with Gasteiger partial charge in [-0.25, -0.2) is 14.4 Å². The second-order valence-electron chi connectivity index (χ2n) is 10.2. The molecule has 2 fully saturated rings. The molecule has 2 amide bonds. The first-order valence-electron chi connectivity index (χ1n) is 11.9. The molecule has 35 heavy (non-hydrogen) atoms. The molecule has 2 saturated heterocycles. The first-order chi connectivity index (χ1) is 16.7. The number of amides is 2. The molecular formula is C25H29FN6O3. The van der Waals surface area contributed by atoms with Crippen LogP contribution in [0.3, 0.4) is 0 Å². The lowest BCUT2D eigenvalue weighted by Crippen LogP contribution is -2.55. The minimum absolute atomic E-state index is 0.0254. The van der Waals surface area contributed by atoms with E-state index in [1.54, 1.807) is 19.9 Å². The van der Waals surface area contributed by atoms with E-state index in [2.05, 4.69) is 20.4 Å². The topological polar surface area (TPSA) is 113 Å². The highest BCUT2D eigenvalue weighted by Crippen LogP contribution is 2.38. The van der Waals surface area contributed by atoms with E-state index in [1.807, 2.05) is 11.8 Å². The number of hydrogen-bond acceptors (Lipinski definition) is 6. The summed E-state index contributed by atoms with van der Waals surface area (Å²) in [5, 5.41) is 17.9. The minimum Gasteiger partial charge on any atom is -0.395 e. The van der Waals surface area contributed by atoms with Gasteiger partial charge in [0.2, 0.25) is 5.91 Å². The van der Waals surface area contributed by atoms with E-state index >= 15 is 0 Å². The van der Waals surface area contributed by atoms with Crippen molar-refractivity contribution in [3.8, 4) is 5.95 Å². The maximum atomic E-state index is 13.8. The van der Waals surface area contributed by atoms with E-state index in [4.69, 9.17) is 0 Å². The number of aliphatic hydroxyl groups excluding tert-OH is 1. The molecule has 2 aromatic heterocycles. The van der Waals surface area contributed by atoms with E-state index in [0.717, 1.165) is 23.9 Å². The average molecular weight is 481 g/mol. The standard InChI is InChI=1S/C25H29FN6O3/c1-14-20-7-4-16(26)8-21(20)32(30-14)24-27-11-15(12-28-24)22(34)29-17-9-18-5-6-19(10-17)31(18)23(35)25(2,3)13-33/h4,7-8,11-12,17-19,33H,5-6,9-10,13H2,1-3H3,(H,29,34)/t18-,19-/m0/s1. The summed E-state index contributed by atoms with van der Waals surface area (Å²) in [7, 11) is 0. The number of hydrogen-bond donors (Lipinski definition) is 2. The number of nitrogens with zero attached hydrogens (tertiary/aromatic N) is 5. The van der Waals surface area contributed by atoms with Crippen LogP contribution in [-0.4, -0.2) is 66.3 Å². The quantitative estimate of drug-likeness (QED) is 0.580. The molecule has 5 rings (SSSR count). The molecule has 2 aliphatic rings. The molecule has 0 aliphatic carbocycles. The zero-order valence-electron chi connectivity index (χ0n) is 20.0. The first-order valence-corrected chi connectivity index (χ1v) is 11.9. The highest BCUT2D eigenvalue weighted by Gasteiger charge is 2.47. The molecular weight excluding hydrogens is 451 g/mol. The van der Waals surface area contributed by atoms with Crippen LogP contribution in [0.25, 0.3) is 16.9 Å². The third-order valence-electron chi connectivity index (χ3n) is 7.19. The Labute approximate surface area is 202 Å². The Kier molecular flexibility index (Phi) is 5.79. The fourth-order valence-corrected chi connectivity index (χ4v) is 5.26. The molecule has 2 atom stereocenters. The van der Waals surface area contributed by atoms with Crippen LogP contribution in [0, 0.1) is 18.2 Å². The second kappa shape index (κ2) is 8.67. The number of nitrogens with one attached hydrogen (secondary N) is 1. The summed E-state index contributed by atoms with van der Waals surface area (Å²) < 4.78 is 15.2. The Bertz CT molecular complexity index is 1270. The smallest absolute Gasteiger partial charge is 0.254 e. The maximum Gasteiger partial charge on any atom is 0.254 e. The number of fused-ring (bicyclic) bond motifs is 3. The van der Waals surface area contributed by atoms with Crippen LogP contribution in [-0.2, 0) is 4.79 Å². The van der Waals surface area contributed by atoms with Gasteiger partial charge in [0.05, 0.1) is 28.8 Å². The van der Waals surface area contributed by atoms with Crippen LogP contribution >= 0.6 is 0 Å². The fourth-order valence-electron chi connectivity index (χ4n) is 5.26. The van der Waals surface area contributed by atoms with Crippen molar-refractivity contribution in [2.75, 3.05) is 6.61 Å². The van der Waals surface area contributed by atoms with E-state index < -0.39 is 5.41 Å². The van der Waals surface area contributed by atoms with Gasteiger partial charge < -0.3 is 15.3 Å². The van der Waals surface area contributed by atoms with E-state index in [1.165, 1.54) is 29.2 Å². The fraction of sp³-hybridized carbons (Fsp3) is 0.480. The Morgan fingerprint density at radius 2 is 1.83 bits per heavy atom. The molecule has 10 heteroatoms. The van der Waals surface area contributed by atoms with Gasteiger partial charge >= 0.3 is 0 Å². The number of carbonyl (C=O) groups excluding carboxylic acids is 2. The lowest BCUT2D eigenvalue weighted by molar-refractivity contribution is -0.147. The Hall–Kier alpha value is -3.40. The van der Waals surface area contributed by atoms with Gasteiger partial charge in [-0.3, -0.25) is 9.59 Å². The summed E-state index contributed by atoms with van der Waals surface area (Å²) in [6.45, 7) is 5.16. The van der Waals surface area contributed by atoms with Crippen molar-refractivity contribution in [1.82, 2.24) is 30.0 Å². The zero-order chi connectivity index (χ0) is 24.9. The van der Waals surface area contributed by atoms with Crippen LogP contribution in [0.2, 0.25) is 0 Å². The predicted octanol–water partition coefficient (Wildman–Crippen LogP) is 2.53. The van der Waals surface area contributed by atoms with Gasteiger partial charge in [0.25, 0.3) is 11.9 Å². The van der Waals surface area contributed by atoms with Crippen LogP contribution in [0.15, 0.2) is 30.6 Å². The van der Waals surface area contributed by atoms with Gasteiger partial charge in [-0.15, -0.1) is 0 Å². The molecule has 4 heterocycles. The van der Waals surface area contributed by atoms with Gasteiger partial charge in [0.1, 0.15) is 5.82 Å². The van der Waals surface area contributed by atoms with Gasteiger partial charge in [-0.1, -0.05) is 0 Å². The third-order valence-corrected chi connectivity index (χ3v) is 7.19. The number of halogens is 1. The summed E-state index contributed by atoms with van der Waals surface area (Å²) >= 11 is 0. The highest BCUT2D eigenvalue weighted by atomic mass is 19.1. The lowest BCUT2D eigenvalue weighted by atomic mass is 9.88. The lowest BCUT2D eigenvalue weighted by Gasteiger charge is -2.42. The van der Waals surface area contributed by atoms with Gasteiger partial charge in [0.15, 0.2) is 0 Å². The van der Waals surface area contributed by atoms with Crippen LogP contribution < -0.4 is 5.32 Å². The van der Waals surface area contributed by atoms with Gasteiger partial charge in [-0.2, -0.15) is 9.78 Å². The van der Waals surface area contributed by atoms with Crippen molar-refractivity contribution >= 4 is 22.7 Å². The first kappa shape index (κ1) is 23.3.